The van der Waals surface area contributed by atoms with E-state index in [1.54, 1.807) is 0 Å². The molecule has 0 radical (unpaired) electrons. The van der Waals surface area contributed by atoms with Gasteiger partial charge in [0.1, 0.15) is 0 Å². The molecule has 1 unspecified atom stereocenters. The molecule has 1 heterocycles. The van der Waals surface area contributed by atoms with Crippen LogP contribution < -0.4 is 4.90 Å². The van der Waals surface area contributed by atoms with Crippen molar-refractivity contribution in [3.8, 4) is 0 Å². The average molecular weight is 254 g/mol. The van der Waals surface area contributed by atoms with E-state index in [0.717, 1.165) is 34.8 Å². The Hall–Kier alpha value is -0.900. The molecule has 0 amide bonds. The van der Waals surface area contributed by atoms with Crippen LogP contribution in [0, 0.1) is 5.92 Å². The summed E-state index contributed by atoms with van der Waals surface area (Å²) >= 11 is 1.50. The van der Waals surface area contributed by atoms with Gasteiger partial charge in [-0.1, -0.05) is 38.5 Å². The molecular formula is C13H22N2OS. The maximum absolute atomic E-state index is 11.0. The van der Waals surface area contributed by atoms with Gasteiger partial charge < -0.3 is 4.90 Å². The van der Waals surface area contributed by atoms with Crippen LogP contribution in [0.3, 0.4) is 0 Å². The second kappa shape index (κ2) is 6.15. The van der Waals surface area contributed by atoms with Crippen LogP contribution in [0.4, 0.5) is 5.13 Å². The molecule has 1 rings (SSSR count). The fourth-order valence-corrected chi connectivity index (χ4v) is 2.61. The first-order valence-electron chi connectivity index (χ1n) is 6.18. The minimum atomic E-state index is 0.426. The third-order valence-corrected chi connectivity index (χ3v) is 4.30. The van der Waals surface area contributed by atoms with Crippen LogP contribution in [0.5, 0.6) is 0 Å². The van der Waals surface area contributed by atoms with E-state index < -0.39 is 0 Å². The maximum Gasteiger partial charge on any atom is 0.186 e. The molecule has 0 bridgehead atoms. The lowest BCUT2D eigenvalue weighted by Crippen LogP contribution is -2.33. The Bertz CT molecular complexity index is 373. The highest BCUT2D eigenvalue weighted by Crippen LogP contribution is 2.27. The monoisotopic (exact) mass is 254 g/mol. The molecule has 4 heteroatoms. The van der Waals surface area contributed by atoms with Crippen LogP contribution in [-0.4, -0.2) is 24.4 Å². The number of hydrogen-bond donors (Lipinski definition) is 0. The topological polar surface area (TPSA) is 33.2 Å². The van der Waals surface area contributed by atoms with Gasteiger partial charge in [-0.15, -0.1) is 0 Å². The van der Waals surface area contributed by atoms with Gasteiger partial charge in [-0.25, -0.2) is 4.98 Å². The van der Waals surface area contributed by atoms with Gasteiger partial charge in [0, 0.05) is 13.1 Å². The smallest absolute Gasteiger partial charge is 0.186 e. The fourth-order valence-electron chi connectivity index (χ4n) is 1.63. The molecule has 0 spiro atoms. The van der Waals surface area contributed by atoms with Crippen molar-refractivity contribution in [3.63, 3.8) is 0 Å². The minimum absolute atomic E-state index is 0.426. The van der Waals surface area contributed by atoms with Gasteiger partial charge >= 0.3 is 0 Å². The highest BCUT2D eigenvalue weighted by atomic mass is 32.1. The van der Waals surface area contributed by atoms with Crippen LogP contribution in [0.15, 0.2) is 0 Å². The van der Waals surface area contributed by atoms with E-state index in [1.807, 2.05) is 7.05 Å². The number of aryl methyl sites for hydroxylation is 1. The fraction of sp³-hybridized carbons (Fsp3) is 0.692. The molecule has 17 heavy (non-hydrogen) atoms. The summed E-state index contributed by atoms with van der Waals surface area (Å²) in [6.45, 7) is 8.69. The number of nitrogens with zero attached hydrogens (tertiary/aromatic N) is 2. The van der Waals surface area contributed by atoms with E-state index in [-0.39, 0.29) is 0 Å². The number of carbonyl (C=O) groups excluding carboxylic acids is 1. The van der Waals surface area contributed by atoms with Crippen molar-refractivity contribution >= 4 is 22.8 Å². The van der Waals surface area contributed by atoms with Gasteiger partial charge in [0.25, 0.3) is 0 Å². The SMILES string of the molecule is CCCc1nc(N(C)C(C)C(C)C)sc1C=O. The summed E-state index contributed by atoms with van der Waals surface area (Å²) in [5, 5.41) is 0.955. The first kappa shape index (κ1) is 14.2. The van der Waals surface area contributed by atoms with Gasteiger partial charge in [-0.2, -0.15) is 0 Å². The second-order valence-electron chi connectivity index (χ2n) is 4.77. The largest absolute Gasteiger partial charge is 0.348 e. The van der Waals surface area contributed by atoms with E-state index >= 15 is 0 Å². The summed E-state index contributed by atoms with van der Waals surface area (Å²) in [5.41, 5.74) is 0.949. The van der Waals surface area contributed by atoms with Crippen LogP contribution in [0.25, 0.3) is 0 Å². The van der Waals surface area contributed by atoms with Crippen molar-refractivity contribution in [2.75, 3.05) is 11.9 Å². The predicted molar refractivity (Wildman–Crippen MR) is 74.2 cm³/mol. The van der Waals surface area contributed by atoms with E-state index in [9.17, 15) is 4.79 Å². The molecule has 1 aromatic rings. The molecule has 0 saturated heterocycles. The highest BCUT2D eigenvalue weighted by molar-refractivity contribution is 7.17. The number of hydrogen-bond acceptors (Lipinski definition) is 4. The molecule has 1 aromatic heterocycles. The number of rotatable bonds is 6. The van der Waals surface area contributed by atoms with Crippen LogP contribution in [0.2, 0.25) is 0 Å². The molecular weight excluding hydrogens is 232 g/mol. The Labute approximate surface area is 108 Å². The van der Waals surface area contributed by atoms with Crippen LogP contribution in [0.1, 0.15) is 49.5 Å². The molecule has 0 aliphatic heterocycles. The molecule has 3 nitrogen and oxygen atoms in total. The molecule has 0 aromatic carbocycles. The zero-order valence-corrected chi connectivity index (χ0v) is 12.2. The number of aromatic nitrogens is 1. The summed E-state index contributed by atoms with van der Waals surface area (Å²) in [5.74, 6) is 0.568. The number of carbonyl (C=O) groups is 1. The van der Waals surface area contributed by atoms with Crippen molar-refractivity contribution in [2.24, 2.45) is 5.92 Å². The second-order valence-corrected chi connectivity index (χ2v) is 5.78. The summed E-state index contributed by atoms with van der Waals surface area (Å²) in [6.07, 6.45) is 2.84. The lowest BCUT2D eigenvalue weighted by molar-refractivity contribution is 0.112. The Kier molecular flexibility index (Phi) is 5.12. The van der Waals surface area contributed by atoms with Gasteiger partial charge in [-0.3, -0.25) is 4.79 Å². The van der Waals surface area contributed by atoms with Crippen LogP contribution >= 0.6 is 11.3 Å². The summed E-state index contributed by atoms with van der Waals surface area (Å²) in [6, 6.07) is 0.426. The van der Waals surface area contributed by atoms with E-state index in [2.05, 4.69) is 37.6 Å². The molecule has 0 saturated carbocycles. The van der Waals surface area contributed by atoms with E-state index in [4.69, 9.17) is 0 Å². The summed E-state index contributed by atoms with van der Waals surface area (Å²) in [4.78, 5) is 18.5. The highest BCUT2D eigenvalue weighted by Gasteiger charge is 2.18. The molecule has 0 aliphatic rings. The first-order valence-corrected chi connectivity index (χ1v) is 7.00. The standard InChI is InChI=1S/C13H22N2OS/c1-6-7-11-12(8-16)17-13(14-11)15(5)10(4)9(2)3/h8-10H,6-7H2,1-5H3. The predicted octanol–water partition coefficient (Wildman–Crippen LogP) is 3.39. The molecule has 1 atom stereocenters. The van der Waals surface area contributed by atoms with Gasteiger partial charge in [0.05, 0.1) is 10.6 Å². The first-order chi connectivity index (χ1) is 8.01. The number of anilines is 1. The zero-order chi connectivity index (χ0) is 13.0. The van der Waals surface area contributed by atoms with E-state index in [0.29, 0.717) is 12.0 Å². The number of aldehydes is 1. The maximum atomic E-state index is 11.0. The summed E-state index contributed by atoms with van der Waals surface area (Å²) in [7, 11) is 2.05. The van der Waals surface area contributed by atoms with Crippen molar-refractivity contribution < 1.29 is 4.79 Å². The van der Waals surface area contributed by atoms with Crippen molar-refractivity contribution in [2.45, 2.75) is 46.6 Å². The third-order valence-electron chi connectivity index (χ3n) is 3.19. The molecule has 96 valence electrons. The molecule has 0 N–H and O–H groups in total. The minimum Gasteiger partial charge on any atom is -0.348 e. The van der Waals surface area contributed by atoms with Gasteiger partial charge in [0.15, 0.2) is 11.4 Å². The Morgan fingerprint density at radius 2 is 2.06 bits per heavy atom. The van der Waals surface area contributed by atoms with Crippen LogP contribution in [-0.2, 0) is 6.42 Å². The molecule has 0 fully saturated rings. The Balaban J connectivity index is 2.94. The third kappa shape index (κ3) is 3.28. The zero-order valence-electron chi connectivity index (χ0n) is 11.4. The van der Waals surface area contributed by atoms with Crippen molar-refractivity contribution in [3.05, 3.63) is 10.6 Å². The normalized spacial score (nSPS) is 12.8. The van der Waals surface area contributed by atoms with Crippen molar-refractivity contribution in [1.29, 1.82) is 0 Å². The average Bonchev–Trinajstić information content (AvgIpc) is 2.70. The lowest BCUT2D eigenvalue weighted by atomic mass is 10.1. The van der Waals surface area contributed by atoms with E-state index in [1.165, 1.54) is 11.3 Å². The summed E-state index contributed by atoms with van der Waals surface area (Å²) < 4.78 is 0. The lowest BCUT2D eigenvalue weighted by Gasteiger charge is -2.27. The van der Waals surface area contributed by atoms with Gasteiger partial charge in [-0.05, 0) is 19.3 Å². The Morgan fingerprint density at radius 3 is 2.53 bits per heavy atom. The quantitative estimate of drug-likeness (QED) is 0.730. The van der Waals surface area contributed by atoms with Crippen molar-refractivity contribution in [1.82, 2.24) is 4.98 Å². The molecule has 0 aliphatic carbocycles. The number of thiazole rings is 1. The Morgan fingerprint density at radius 1 is 1.41 bits per heavy atom. The van der Waals surface area contributed by atoms with Gasteiger partial charge in [0.2, 0.25) is 0 Å².